The van der Waals surface area contributed by atoms with Gasteiger partial charge in [-0.1, -0.05) is 36.9 Å². The van der Waals surface area contributed by atoms with Crippen molar-refractivity contribution < 1.29 is 30.7 Å². The van der Waals surface area contributed by atoms with Crippen LogP contribution in [0.3, 0.4) is 0 Å². The molecule has 0 aliphatic heterocycles. The Morgan fingerprint density at radius 2 is 1.74 bits per heavy atom. The molecule has 0 aliphatic carbocycles. The van der Waals surface area contributed by atoms with Crippen LogP contribution in [-0.2, 0) is 25.9 Å². The molecule has 2 aromatic carbocycles. The standard InChI is InChI=1S/C21H22N7O2.C6H13N.W/c1-2-11-23-20-18(26-16-9-7-15(8-10-16)25-13-29)12-24-21(28-20)27-17-5-3-14(4-6-17)19(22)30;1-4-5-6-7(2)3;/h3-10,12-13H,2,11H2,1H3,(H,25,29)(H4,22,23,24,27,28,30);4-5H,6H2,1-3H3;/q-1;;/b;5-4+;. The van der Waals surface area contributed by atoms with Gasteiger partial charge in [0.2, 0.25) is 18.3 Å². The zero-order chi connectivity index (χ0) is 27.0. The van der Waals surface area contributed by atoms with Crippen molar-refractivity contribution in [1.29, 1.82) is 0 Å². The smallest absolute Gasteiger partial charge is 0.248 e. The fraction of sp³-hybridized carbons (Fsp3) is 0.259. The first kappa shape index (κ1) is 32.3. The number of primary amides is 1. The molecule has 10 nitrogen and oxygen atoms in total. The Morgan fingerprint density at radius 3 is 2.26 bits per heavy atom. The zero-order valence-electron chi connectivity index (χ0n) is 22.1. The minimum Gasteiger partial charge on any atom is -0.654 e. The van der Waals surface area contributed by atoms with E-state index in [1.54, 1.807) is 54.7 Å². The van der Waals surface area contributed by atoms with E-state index >= 15 is 0 Å². The molecular weight excluding hydrogens is 652 g/mol. The fourth-order valence-corrected chi connectivity index (χ4v) is 2.89. The van der Waals surface area contributed by atoms with Crippen LogP contribution in [0.2, 0.25) is 0 Å². The number of carbonyl (C=O) groups is 2. The van der Waals surface area contributed by atoms with Crippen molar-refractivity contribution in [3.8, 4) is 0 Å². The quantitative estimate of drug-likeness (QED) is 0.152. The number of likely N-dealkylation sites (N-methyl/N-ethyl adjacent to an activating group) is 1. The van der Waals surface area contributed by atoms with Gasteiger partial charge in [-0.3, -0.25) is 9.59 Å². The first-order chi connectivity index (χ1) is 17.9. The van der Waals surface area contributed by atoms with Gasteiger partial charge in [0.05, 0.1) is 0 Å². The van der Waals surface area contributed by atoms with Gasteiger partial charge in [0.1, 0.15) is 5.82 Å². The second kappa shape index (κ2) is 17.7. The molecule has 38 heavy (non-hydrogen) atoms. The Kier molecular flexibility index (Phi) is 15.0. The number of hydrogen-bond acceptors (Lipinski definition) is 7. The molecule has 0 saturated heterocycles. The minimum absolute atomic E-state index is 0. The molecule has 0 atom stereocenters. The molecule has 5 N–H and O–H groups in total. The van der Waals surface area contributed by atoms with Crippen molar-refractivity contribution in [3.63, 3.8) is 0 Å². The summed E-state index contributed by atoms with van der Waals surface area (Å²) in [6.07, 6.45) is 7.36. The Hall–Kier alpha value is -3.75. The summed E-state index contributed by atoms with van der Waals surface area (Å²) in [5.74, 6) is 0.507. The Bertz CT molecular complexity index is 1150. The van der Waals surface area contributed by atoms with Gasteiger partial charge in [-0.25, -0.2) is 4.98 Å². The van der Waals surface area contributed by atoms with Crippen LogP contribution in [0.1, 0.15) is 30.6 Å². The first-order valence-electron chi connectivity index (χ1n) is 11.9. The van der Waals surface area contributed by atoms with E-state index in [1.807, 2.05) is 6.92 Å². The van der Waals surface area contributed by atoms with Gasteiger partial charge >= 0.3 is 0 Å². The molecule has 2 amide bonds. The largest absolute Gasteiger partial charge is 0.654 e. The maximum Gasteiger partial charge on any atom is 0.248 e. The summed E-state index contributed by atoms with van der Waals surface area (Å²) >= 11 is 0. The third-order valence-electron chi connectivity index (χ3n) is 4.79. The number of benzene rings is 2. The van der Waals surface area contributed by atoms with Crippen LogP contribution in [0.15, 0.2) is 66.9 Å². The zero-order valence-corrected chi connectivity index (χ0v) is 25.1. The van der Waals surface area contributed by atoms with E-state index in [4.69, 9.17) is 5.73 Å². The predicted molar refractivity (Wildman–Crippen MR) is 151 cm³/mol. The van der Waals surface area contributed by atoms with E-state index < -0.39 is 5.91 Å². The molecule has 0 radical (unpaired) electrons. The number of rotatable bonds is 12. The number of hydrogen-bond donors (Lipinski definition) is 4. The molecule has 1 heterocycles. The van der Waals surface area contributed by atoms with Crippen molar-refractivity contribution in [1.82, 2.24) is 14.9 Å². The van der Waals surface area contributed by atoms with Crippen molar-refractivity contribution in [2.24, 2.45) is 5.73 Å². The fourth-order valence-electron chi connectivity index (χ4n) is 2.89. The van der Waals surface area contributed by atoms with Crippen LogP contribution in [0.4, 0.5) is 34.5 Å². The topological polar surface area (TPSA) is 139 Å². The van der Waals surface area contributed by atoms with E-state index in [9.17, 15) is 9.59 Å². The molecular formula is C27H35N8O2W-. The van der Waals surface area contributed by atoms with Crippen LogP contribution in [0.25, 0.3) is 5.32 Å². The number of aromatic nitrogens is 2. The normalized spacial score (nSPS) is 10.1. The molecule has 3 aromatic rings. The van der Waals surface area contributed by atoms with E-state index in [0.717, 1.165) is 25.2 Å². The number of allylic oxidation sites excluding steroid dienone is 1. The molecule has 0 saturated carbocycles. The Labute approximate surface area is 238 Å². The Morgan fingerprint density at radius 1 is 1.08 bits per heavy atom. The van der Waals surface area contributed by atoms with Crippen LogP contribution in [0.5, 0.6) is 0 Å². The molecule has 202 valence electrons. The molecule has 1 aromatic heterocycles. The number of nitrogens with two attached hydrogens (primary N) is 1. The summed E-state index contributed by atoms with van der Waals surface area (Å²) in [7, 11) is 4.11. The number of nitrogens with one attached hydrogen (secondary N) is 3. The summed E-state index contributed by atoms with van der Waals surface area (Å²) in [6.45, 7) is 5.87. The van der Waals surface area contributed by atoms with Crippen LogP contribution in [0, 0.1) is 0 Å². The van der Waals surface area contributed by atoms with Gasteiger partial charge in [0, 0.05) is 57.3 Å². The maximum atomic E-state index is 11.2. The van der Waals surface area contributed by atoms with Gasteiger partial charge in [-0.05, 0) is 63.8 Å². The van der Waals surface area contributed by atoms with Crippen LogP contribution < -0.4 is 21.7 Å². The predicted octanol–water partition coefficient (Wildman–Crippen LogP) is 5.17. The van der Waals surface area contributed by atoms with E-state index in [2.05, 4.69) is 69.3 Å². The molecule has 0 spiro atoms. The van der Waals surface area contributed by atoms with Gasteiger partial charge in [-0.15, -0.1) is 5.69 Å². The average Bonchev–Trinajstić information content (AvgIpc) is 2.89. The molecule has 0 unspecified atom stereocenters. The van der Waals surface area contributed by atoms with E-state index in [-0.39, 0.29) is 21.1 Å². The maximum absolute atomic E-state index is 11.2. The molecule has 0 aliphatic rings. The summed E-state index contributed by atoms with van der Waals surface area (Å²) in [4.78, 5) is 32.7. The van der Waals surface area contributed by atoms with Gasteiger partial charge < -0.3 is 31.9 Å². The minimum atomic E-state index is -0.482. The van der Waals surface area contributed by atoms with Gasteiger partial charge in [0.15, 0.2) is 0 Å². The molecule has 0 bridgehead atoms. The molecule has 0 fully saturated rings. The number of carbonyl (C=O) groups excluding carboxylic acids is 2. The average molecular weight is 687 g/mol. The van der Waals surface area contributed by atoms with Crippen LogP contribution in [-0.4, -0.2) is 54.4 Å². The molecule has 11 heteroatoms. The van der Waals surface area contributed by atoms with Crippen molar-refractivity contribution >= 4 is 46.8 Å². The number of amides is 2. The third-order valence-corrected chi connectivity index (χ3v) is 4.79. The van der Waals surface area contributed by atoms with E-state index in [0.29, 0.717) is 40.8 Å². The van der Waals surface area contributed by atoms with Crippen molar-refractivity contribution in [2.75, 3.05) is 43.1 Å². The second-order valence-corrected chi connectivity index (χ2v) is 8.17. The van der Waals surface area contributed by atoms with Crippen LogP contribution >= 0.6 is 0 Å². The Balaban J connectivity index is 0.000000797. The second-order valence-electron chi connectivity index (χ2n) is 8.17. The van der Waals surface area contributed by atoms with Crippen molar-refractivity contribution in [2.45, 2.75) is 20.3 Å². The molecule has 3 rings (SSSR count). The first-order valence-corrected chi connectivity index (χ1v) is 11.9. The third kappa shape index (κ3) is 11.5. The number of nitrogens with zero attached hydrogens (tertiary/aromatic N) is 4. The summed E-state index contributed by atoms with van der Waals surface area (Å²) in [6, 6.07) is 13.8. The monoisotopic (exact) mass is 687 g/mol. The summed E-state index contributed by atoms with van der Waals surface area (Å²) in [5, 5.41) is 13.5. The van der Waals surface area contributed by atoms with Gasteiger partial charge in [-0.2, -0.15) is 4.98 Å². The SMILES string of the molecule is C/C=C/CN(C)C.CCCNc1nc(Nc2ccc(C(N)=O)cc2)ncc1[N-]c1ccc(NC=O)cc1.[W]. The van der Waals surface area contributed by atoms with E-state index in [1.165, 1.54) is 0 Å². The number of anilines is 4. The van der Waals surface area contributed by atoms with Gasteiger partial charge in [0.25, 0.3) is 0 Å². The van der Waals surface area contributed by atoms with Crippen molar-refractivity contribution in [3.05, 3.63) is 77.8 Å². The summed E-state index contributed by atoms with van der Waals surface area (Å²) in [5.41, 5.74) is 8.40. The summed E-state index contributed by atoms with van der Waals surface area (Å²) < 4.78 is 0.